The van der Waals surface area contributed by atoms with Crippen LogP contribution in [0, 0.1) is 5.92 Å². The Morgan fingerprint density at radius 3 is 2.67 bits per heavy atom. The molecule has 0 spiro atoms. The summed E-state index contributed by atoms with van der Waals surface area (Å²) in [6.45, 7) is 5.21. The molecule has 2 rings (SSSR count). The fraction of sp³-hybridized carbons (Fsp3) is 0.429. The lowest BCUT2D eigenvalue weighted by Crippen LogP contribution is -2.30. The van der Waals surface area contributed by atoms with Gasteiger partial charge in [0.2, 0.25) is 0 Å². The highest BCUT2D eigenvalue weighted by atomic mass is 16.3. The SMILES string of the molecule is CC(C)C(O)CNCc1cnc2ccccc2n1. The molecule has 18 heavy (non-hydrogen) atoms. The smallest absolute Gasteiger partial charge is 0.0890 e. The van der Waals surface area contributed by atoms with E-state index >= 15 is 0 Å². The molecule has 1 aromatic heterocycles. The summed E-state index contributed by atoms with van der Waals surface area (Å²) in [5.41, 5.74) is 2.70. The maximum atomic E-state index is 9.68. The number of hydrogen-bond acceptors (Lipinski definition) is 4. The highest BCUT2D eigenvalue weighted by molar-refractivity contribution is 5.73. The van der Waals surface area contributed by atoms with Gasteiger partial charge in [-0.1, -0.05) is 26.0 Å². The first-order valence-electron chi connectivity index (χ1n) is 6.26. The van der Waals surface area contributed by atoms with Crippen molar-refractivity contribution in [3.63, 3.8) is 0 Å². The number of aromatic nitrogens is 2. The van der Waals surface area contributed by atoms with Crippen molar-refractivity contribution in [2.75, 3.05) is 6.54 Å². The second-order valence-electron chi connectivity index (χ2n) is 4.79. The molecule has 4 heteroatoms. The minimum Gasteiger partial charge on any atom is -0.392 e. The molecular weight excluding hydrogens is 226 g/mol. The van der Waals surface area contributed by atoms with E-state index < -0.39 is 0 Å². The van der Waals surface area contributed by atoms with Gasteiger partial charge in [0.1, 0.15) is 0 Å². The minimum absolute atomic E-state index is 0.264. The van der Waals surface area contributed by atoms with Gasteiger partial charge in [0.15, 0.2) is 0 Å². The van der Waals surface area contributed by atoms with Crippen LogP contribution in [-0.2, 0) is 6.54 Å². The van der Waals surface area contributed by atoms with Crippen LogP contribution in [0.5, 0.6) is 0 Å². The summed E-state index contributed by atoms with van der Waals surface area (Å²) < 4.78 is 0. The van der Waals surface area contributed by atoms with E-state index in [4.69, 9.17) is 0 Å². The maximum Gasteiger partial charge on any atom is 0.0890 e. The number of para-hydroxylation sites is 2. The number of fused-ring (bicyclic) bond motifs is 1. The van der Waals surface area contributed by atoms with E-state index in [1.807, 2.05) is 38.1 Å². The van der Waals surface area contributed by atoms with Crippen molar-refractivity contribution < 1.29 is 5.11 Å². The number of benzene rings is 1. The van der Waals surface area contributed by atoms with E-state index in [9.17, 15) is 5.11 Å². The first-order valence-corrected chi connectivity index (χ1v) is 6.26. The summed E-state index contributed by atoms with van der Waals surface area (Å²) in [5.74, 6) is 0.264. The minimum atomic E-state index is -0.321. The van der Waals surface area contributed by atoms with Gasteiger partial charge in [-0.3, -0.25) is 4.98 Å². The van der Waals surface area contributed by atoms with Gasteiger partial charge in [-0.05, 0) is 18.1 Å². The molecule has 2 N–H and O–H groups in total. The molecule has 0 bridgehead atoms. The summed E-state index contributed by atoms with van der Waals surface area (Å²) >= 11 is 0. The Morgan fingerprint density at radius 2 is 1.94 bits per heavy atom. The Morgan fingerprint density at radius 1 is 1.22 bits per heavy atom. The molecule has 0 aliphatic heterocycles. The Hall–Kier alpha value is -1.52. The van der Waals surface area contributed by atoms with Gasteiger partial charge >= 0.3 is 0 Å². The molecule has 1 unspecified atom stereocenters. The van der Waals surface area contributed by atoms with E-state index in [1.54, 1.807) is 6.20 Å². The van der Waals surface area contributed by atoms with E-state index in [2.05, 4.69) is 15.3 Å². The third-order valence-corrected chi connectivity index (χ3v) is 2.93. The number of nitrogens with zero attached hydrogens (tertiary/aromatic N) is 2. The van der Waals surface area contributed by atoms with Crippen LogP contribution >= 0.6 is 0 Å². The maximum absolute atomic E-state index is 9.68. The lowest BCUT2D eigenvalue weighted by atomic mass is 10.1. The number of hydrogen-bond donors (Lipinski definition) is 2. The topological polar surface area (TPSA) is 58.0 Å². The highest BCUT2D eigenvalue weighted by Gasteiger charge is 2.08. The summed E-state index contributed by atoms with van der Waals surface area (Å²) in [5, 5.41) is 12.9. The van der Waals surface area contributed by atoms with Crippen LogP contribution in [0.1, 0.15) is 19.5 Å². The van der Waals surface area contributed by atoms with Crippen molar-refractivity contribution in [3.8, 4) is 0 Å². The normalized spacial score (nSPS) is 13.1. The van der Waals surface area contributed by atoms with Crippen LogP contribution in [-0.4, -0.2) is 27.7 Å². The zero-order valence-electron chi connectivity index (χ0n) is 10.8. The van der Waals surface area contributed by atoms with E-state index in [-0.39, 0.29) is 12.0 Å². The Kier molecular flexibility index (Phi) is 4.23. The number of aliphatic hydroxyl groups is 1. The van der Waals surface area contributed by atoms with E-state index in [0.29, 0.717) is 13.1 Å². The molecule has 1 atom stereocenters. The average Bonchev–Trinajstić information content (AvgIpc) is 2.38. The van der Waals surface area contributed by atoms with E-state index in [0.717, 1.165) is 16.7 Å². The second-order valence-corrected chi connectivity index (χ2v) is 4.79. The quantitative estimate of drug-likeness (QED) is 0.842. The van der Waals surface area contributed by atoms with Crippen molar-refractivity contribution in [1.82, 2.24) is 15.3 Å². The van der Waals surface area contributed by atoms with Gasteiger partial charge in [0.05, 0.1) is 29.0 Å². The summed E-state index contributed by atoms with van der Waals surface area (Å²) in [4.78, 5) is 8.86. The van der Waals surface area contributed by atoms with Gasteiger partial charge in [-0.2, -0.15) is 0 Å². The zero-order chi connectivity index (χ0) is 13.0. The van der Waals surface area contributed by atoms with Crippen molar-refractivity contribution >= 4 is 11.0 Å². The molecule has 0 aliphatic carbocycles. The molecule has 2 aromatic rings. The zero-order valence-corrected chi connectivity index (χ0v) is 10.8. The Labute approximate surface area is 107 Å². The lowest BCUT2D eigenvalue weighted by Gasteiger charge is -2.14. The number of rotatable bonds is 5. The van der Waals surface area contributed by atoms with Crippen LogP contribution < -0.4 is 5.32 Å². The third kappa shape index (κ3) is 3.24. The molecule has 1 heterocycles. The van der Waals surface area contributed by atoms with Crippen LogP contribution in [0.15, 0.2) is 30.5 Å². The van der Waals surface area contributed by atoms with Crippen molar-refractivity contribution in [3.05, 3.63) is 36.2 Å². The first-order chi connectivity index (χ1) is 8.66. The highest BCUT2D eigenvalue weighted by Crippen LogP contribution is 2.08. The van der Waals surface area contributed by atoms with Crippen molar-refractivity contribution in [2.24, 2.45) is 5.92 Å². The molecule has 0 amide bonds. The standard InChI is InChI=1S/C14H19N3O/c1-10(2)14(18)9-15-7-11-8-16-12-5-3-4-6-13(12)17-11/h3-6,8,10,14-15,18H,7,9H2,1-2H3. The lowest BCUT2D eigenvalue weighted by molar-refractivity contribution is 0.123. The monoisotopic (exact) mass is 245 g/mol. The summed E-state index contributed by atoms with van der Waals surface area (Å²) in [6.07, 6.45) is 1.45. The van der Waals surface area contributed by atoms with Crippen molar-refractivity contribution in [1.29, 1.82) is 0 Å². The Balaban J connectivity index is 1.96. The van der Waals surface area contributed by atoms with Crippen LogP contribution in [0.3, 0.4) is 0 Å². The fourth-order valence-corrected chi connectivity index (χ4v) is 1.66. The number of aliphatic hydroxyl groups excluding tert-OH is 1. The molecule has 0 saturated heterocycles. The summed E-state index contributed by atoms with van der Waals surface area (Å²) in [6, 6.07) is 7.81. The summed E-state index contributed by atoms with van der Waals surface area (Å²) in [7, 11) is 0. The molecule has 1 aromatic carbocycles. The molecular formula is C14H19N3O. The van der Waals surface area contributed by atoms with Crippen LogP contribution in [0.25, 0.3) is 11.0 Å². The van der Waals surface area contributed by atoms with E-state index in [1.165, 1.54) is 0 Å². The number of nitrogens with one attached hydrogen (secondary N) is 1. The van der Waals surface area contributed by atoms with Gasteiger partial charge in [0.25, 0.3) is 0 Å². The molecule has 4 nitrogen and oxygen atoms in total. The predicted molar refractivity (Wildman–Crippen MR) is 72.1 cm³/mol. The molecule has 0 fully saturated rings. The average molecular weight is 245 g/mol. The second kappa shape index (κ2) is 5.89. The molecule has 96 valence electrons. The first kappa shape index (κ1) is 12.9. The predicted octanol–water partition coefficient (Wildman–Crippen LogP) is 1.74. The van der Waals surface area contributed by atoms with Gasteiger partial charge < -0.3 is 10.4 Å². The van der Waals surface area contributed by atoms with Crippen LogP contribution in [0.4, 0.5) is 0 Å². The largest absolute Gasteiger partial charge is 0.392 e. The third-order valence-electron chi connectivity index (χ3n) is 2.93. The fourth-order valence-electron chi connectivity index (χ4n) is 1.66. The molecule has 0 aliphatic rings. The van der Waals surface area contributed by atoms with Crippen molar-refractivity contribution in [2.45, 2.75) is 26.5 Å². The van der Waals surface area contributed by atoms with Gasteiger partial charge in [-0.15, -0.1) is 0 Å². The van der Waals surface area contributed by atoms with Gasteiger partial charge in [0, 0.05) is 13.1 Å². The van der Waals surface area contributed by atoms with Crippen LogP contribution in [0.2, 0.25) is 0 Å². The molecule has 0 radical (unpaired) electrons. The van der Waals surface area contributed by atoms with Gasteiger partial charge in [-0.25, -0.2) is 4.98 Å². The molecule has 0 saturated carbocycles. The Bertz CT molecular complexity index is 513.